The molecule has 0 aromatic carbocycles. The molecule has 20 heavy (non-hydrogen) atoms. The molecule has 0 aliphatic carbocycles. The van der Waals surface area contributed by atoms with Crippen LogP contribution in [0.4, 0.5) is 0 Å². The van der Waals surface area contributed by atoms with E-state index in [0.717, 1.165) is 30.9 Å². The number of hydrogen-bond acceptors (Lipinski definition) is 4. The summed E-state index contributed by atoms with van der Waals surface area (Å²) in [6.07, 6.45) is 8.59. The molecule has 4 nitrogen and oxygen atoms in total. The molecule has 0 spiro atoms. The Morgan fingerprint density at radius 2 is 1.70 bits per heavy atom. The van der Waals surface area contributed by atoms with Gasteiger partial charge in [-0.2, -0.15) is 0 Å². The summed E-state index contributed by atoms with van der Waals surface area (Å²) >= 11 is 0. The molecule has 0 fully saturated rings. The summed E-state index contributed by atoms with van der Waals surface area (Å²) in [6, 6.07) is 4.13. The second-order valence-electron chi connectivity index (χ2n) is 5.45. The molecule has 0 radical (unpaired) electrons. The van der Waals surface area contributed by atoms with Crippen molar-refractivity contribution in [2.75, 3.05) is 13.6 Å². The highest BCUT2D eigenvalue weighted by Gasteiger charge is 2.05. The maximum absolute atomic E-state index is 4.40. The maximum atomic E-state index is 4.40. The Morgan fingerprint density at radius 1 is 1.05 bits per heavy atom. The zero-order valence-electron chi connectivity index (χ0n) is 12.5. The van der Waals surface area contributed by atoms with Crippen LogP contribution in [0.1, 0.15) is 36.7 Å². The molecule has 106 valence electrons. The van der Waals surface area contributed by atoms with Gasteiger partial charge in [-0.25, -0.2) is 9.97 Å². The first-order chi connectivity index (χ1) is 9.65. The highest BCUT2D eigenvalue weighted by Crippen LogP contribution is 2.09. The summed E-state index contributed by atoms with van der Waals surface area (Å²) in [5, 5.41) is 0. The summed E-state index contributed by atoms with van der Waals surface area (Å²) < 4.78 is 0. The topological polar surface area (TPSA) is 41.9 Å². The Balaban J connectivity index is 1.83. The zero-order chi connectivity index (χ0) is 14.4. The van der Waals surface area contributed by atoms with E-state index in [1.54, 1.807) is 0 Å². The Kier molecular flexibility index (Phi) is 5.18. The summed E-state index contributed by atoms with van der Waals surface area (Å²) in [5.41, 5.74) is 2.48. The Hall–Kier alpha value is -1.81. The van der Waals surface area contributed by atoms with E-state index in [0.29, 0.717) is 5.92 Å². The van der Waals surface area contributed by atoms with Crippen molar-refractivity contribution < 1.29 is 0 Å². The van der Waals surface area contributed by atoms with E-state index in [2.05, 4.69) is 52.9 Å². The zero-order valence-corrected chi connectivity index (χ0v) is 12.5. The molecule has 0 unspecified atom stereocenters. The van der Waals surface area contributed by atoms with Crippen LogP contribution < -0.4 is 0 Å². The molecule has 0 N–H and O–H groups in total. The third-order valence-electron chi connectivity index (χ3n) is 3.23. The van der Waals surface area contributed by atoms with Gasteiger partial charge in [0.1, 0.15) is 5.82 Å². The van der Waals surface area contributed by atoms with Crippen molar-refractivity contribution in [2.24, 2.45) is 0 Å². The van der Waals surface area contributed by atoms with E-state index >= 15 is 0 Å². The number of hydrogen-bond donors (Lipinski definition) is 0. The fourth-order valence-corrected chi connectivity index (χ4v) is 2.00. The predicted octanol–water partition coefficient (Wildman–Crippen LogP) is 2.67. The molecular formula is C16H22N4. The van der Waals surface area contributed by atoms with Crippen LogP contribution in [0.3, 0.4) is 0 Å². The van der Waals surface area contributed by atoms with Crippen LogP contribution >= 0.6 is 0 Å². The maximum Gasteiger partial charge on any atom is 0.130 e. The molecular weight excluding hydrogens is 248 g/mol. The van der Waals surface area contributed by atoms with Gasteiger partial charge in [-0.1, -0.05) is 13.8 Å². The SMILES string of the molecule is CC(C)c1ncc(CN(C)CCc2ccncc2)cn1. The number of rotatable bonds is 6. The summed E-state index contributed by atoms with van der Waals surface area (Å²) in [4.78, 5) is 15.1. The molecule has 0 amide bonds. The Morgan fingerprint density at radius 3 is 2.30 bits per heavy atom. The molecule has 2 heterocycles. The van der Waals surface area contributed by atoms with Gasteiger partial charge in [-0.15, -0.1) is 0 Å². The number of likely N-dealkylation sites (N-methyl/N-ethyl adjacent to an activating group) is 1. The second kappa shape index (κ2) is 7.10. The minimum Gasteiger partial charge on any atom is -0.302 e. The predicted molar refractivity (Wildman–Crippen MR) is 80.4 cm³/mol. The van der Waals surface area contributed by atoms with Crippen molar-refractivity contribution in [3.63, 3.8) is 0 Å². The molecule has 2 aromatic rings. The average molecular weight is 270 g/mol. The van der Waals surface area contributed by atoms with Gasteiger partial charge < -0.3 is 4.90 Å². The fourth-order valence-electron chi connectivity index (χ4n) is 2.00. The quantitative estimate of drug-likeness (QED) is 0.809. The lowest BCUT2D eigenvalue weighted by molar-refractivity contribution is 0.330. The lowest BCUT2D eigenvalue weighted by Gasteiger charge is -2.16. The van der Waals surface area contributed by atoms with Gasteiger partial charge in [-0.05, 0) is 31.2 Å². The summed E-state index contributed by atoms with van der Waals surface area (Å²) in [7, 11) is 2.12. The van der Waals surface area contributed by atoms with Crippen molar-refractivity contribution in [1.29, 1.82) is 0 Å². The van der Waals surface area contributed by atoms with E-state index in [9.17, 15) is 0 Å². The van der Waals surface area contributed by atoms with Gasteiger partial charge >= 0.3 is 0 Å². The number of nitrogens with zero attached hydrogens (tertiary/aromatic N) is 4. The molecule has 0 saturated heterocycles. The third-order valence-corrected chi connectivity index (χ3v) is 3.23. The molecule has 0 atom stereocenters. The van der Waals surface area contributed by atoms with Crippen LogP contribution in [0.15, 0.2) is 36.9 Å². The molecule has 4 heteroatoms. The van der Waals surface area contributed by atoms with Crippen molar-refractivity contribution in [1.82, 2.24) is 19.9 Å². The van der Waals surface area contributed by atoms with Crippen LogP contribution in [0.25, 0.3) is 0 Å². The molecule has 0 saturated carbocycles. The molecule has 0 aliphatic rings. The van der Waals surface area contributed by atoms with Crippen LogP contribution in [0.2, 0.25) is 0 Å². The third kappa shape index (κ3) is 4.38. The van der Waals surface area contributed by atoms with E-state index in [-0.39, 0.29) is 0 Å². The first kappa shape index (κ1) is 14.6. The van der Waals surface area contributed by atoms with Gasteiger partial charge in [0.15, 0.2) is 0 Å². The first-order valence-corrected chi connectivity index (χ1v) is 7.03. The largest absolute Gasteiger partial charge is 0.302 e. The van der Waals surface area contributed by atoms with Crippen LogP contribution in [-0.2, 0) is 13.0 Å². The highest BCUT2D eigenvalue weighted by molar-refractivity contribution is 5.10. The lowest BCUT2D eigenvalue weighted by Crippen LogP contribution is -2.21. The van der Waals surface area contributed by atoms with Gasteiger partial charge in [0.25, 0.3) is 0 Å². The van der Waals surface area contributed by atoms with Crippen LogP contribution in [0, 0.1) is 0 Å². The van der Waals surface area contributed by atoms with Gasteiger partial charge in [0.05, 0.1) is 0 Å². The minimum atomic E-state index is 0.383. The molecule has 0 aliphatic heterocycles. The minimum absolute atomic E-state index is 0.383. The van der Waals surface area contributed by atoms with E-state index < -0.39 is 0 Å². The van der Waals surface area contributed by atoms with E-state index in [1.807, 2.05) is 24.8 Å². The highest BCUT2D eigenvalue weighted by atomic mass is 15.1. The van der Waals surface area contributed by atoms with Crippen molar-refractivity contribution in [3.05, 3.63) is 53.9 Å². The van der Waals surface area contributed by atoms with Crippen molar-refractivity contribution in [3.8, 4) is 0 Å². The molecule has 2 rings (SSSR count). The summed E-state index contributed by atoms with van der Waals surface area (Å²) in [5.74, 6) is 1.29. The average Bonchev–Trinajstić information content (AvgIpc) is 2.47. The normalized spacial score (nSPS) is 11.2. The van der Waals surface area contributed by atoms with Crippen molar-refractivity contribution in [2.45, 2.75) is 32.7 Å². The van der Waals surface area contributed by atoms with Crippen LogP contribution in [0.5, 0.6) is 0 Å². The Bertz CT molecular complexity index is 508. The molecule has 2 aromatic heterocycles. The number of pyridine rings is 1. The first-order valence-electron chi connectivity index (χ1n) is 7.03. The molecule has 0 bridgehead atoms. The van der Waals surface area contributed by atoms with Gasteiger partial charge in [0, 0.05) is 49.4 Å². The fraction of sp³-hybridized carbons (Fsp3) is 0.438. The number of aromatic nitrogens is 3. The van der Waals surface area contributed by atoms with Crippen molar-refractivity contribution >= 4 is 0 Å². The van der Waals surface area contributed by atoms with Gasteiger partial charge in [-0.3, -0.25) is 4.98 Å². The summed E-state index contributed by atoms with van der Waals surface area (Å²) in [6.45, 7) is 6.10. The van der Waals surface area contributed by atoms with E-state index in [1.165, 1.54) is 5.56 Å². The smallest absolute Gasteiger partial charge is 0.130 e. The Labute approximate surface area is 120 Å². The van der Waals surface area contributed by atoms with Gasteiger partial charge in [0.2, 0.25) is 0 Å². The van der Waals surface area contributed by atoms with Crippen LogP contribution in [-0.4, -0.2) is 33.4 Å². The standard InChI is InChI=1S/C16H22N4/c1-13(2)16-18-10-15(11-19-16)12-20(3)9-6-14-4-7-17-8-5-14/h4-5,7-8,10-11,13H,6,9,12H2,1-3H3. The van der Waals surface area contributed by atoms with E-state index in [4.69, 9.17) is 0 Å². The second-order valence-corrected chi connectivity index (χ2v) is 5.45. The monoisotopic (exact) mass is 270 g/mol. The lowest BCUT2D eigenvalue weighted by atomic mass is 10.2.